The number of carbonyl (C=O) groups excluding carboxylic acids is 1. The Morgan fingerprint density at radius 3 is 2.56 bits per heavy atom. The summed E-state index contributed by atoms with van der Waals surface area (Å²) < 4.78 is 18.7. The zero-order valence-corrected chi connectivity index (χ0v) is 11.0. The first-order chi connectivity index (χ1) is 8.24. The lowest BCUT2D eigenvalue weighted by molar-refractivity contribution is 0.0635. The van der Waals surface area contributed by atoms with E-state index in [0.717, 1.165) is 0 Å². The van der Waals surface area contributed by atoms with E-state index in [4.69, 9.17) is 4.74 Å². The van der Waals surface area contributed by atoms with Crippen molar-refractivity contribution in [2.24, 2.45) is 0 Å². The van der Waals surface area contributed by atoms with Crippen molar-refractivity contribution in [2.45, 2.75) is 39.7 Å². The number of hydrogen-bond acceptors (Lipinski definition) is 3. The number of benzene rings is 1. The van der Waals surface area contributed by atoms with E-state index >= 15 is 0 Å². The molecule has 0 aliphatic rings. The molecule has 1 aromatic carbocycles. The molecule has 0 spiro atoms. The first kappa shape index (κ1) is 14.3. The number of phenolic OH excluding ortho intramolecular Hbond substituents is 1. The molecule has 0 unspecified atom stereocenters. The van der Waals surface area contributed by atoms with E-state index in [0.29, 0.717) is 12.1 Å². The quantitative estimate of drug-likeness (QED) is 0.796. The van der Waals surface area contributed by atoms with Crippen molar-refractivity contribution in [2.75, 3.05) is 5.32 Å². The maximum atomic E-state index is 13.6. The number of phenols is 1. The van der Waals surface area contributed by atoms with Crippen molar-refractivity contribution in [1.82, 2.24) is 0 Å². The lowest BCUT2D eigenvalue weighted by Crippen LogP contribution is -2.27. The van der Waals surface area contributed by atoms with Gasteiger partial charge < -0.3 is 9.84 Å². The highest BCUT2D eigenvalue weighted by Gasteiger charge is 2.18. The molecule has 0 saturated carbocycles. The third-order valence-corrected chi connectivity index (χ3v) is 2.21. The summed E-state index contributed by atoms with van der Waals surface area (Å²) in [5.74, 6) is -1.15. The third-order valence-electron chi connectivity index (χ3n) is 2.21. The van der Waals surface area contributed by atoms with Crippen molar-refractivity contribution in [1.29, 1.82) is 0 Å². The van der Waals surface area contributed by atoms with E-state index in [1.807, 2.05) is 0 Å². The SMILES string of the molecule is CCc1c(NC(=O)OC(C)(C)C)ccc(O)c1F. The number of nitrogens with one attached hydrogen (secondary N) is 1. The summed E-state index contributed by atoms with van der Waals surface area (Å²) in [7, 11) is 0. The van der Waals surface area contributed by atoms with Gasteiger partial charge in [0.15, 0.2) is 11.6 Å². The average Bonchev–Trinajstić information content (AvgIpc) is 2.21. The van der Waals surface area contributed by atoms with Gasteiger partial charge in [-0.3, -0.25) is 5.32 Å². The van der Waals surface area contributed by atoms with Gasteiger partial charge >= 0.3 is 6.09 Å². The number of amides is 1. The van der Waals surface area contributed by atoms with Gasteiger partial charge in [0.25, 0.3) is 0 Å². The largest absolute Gasteiger partial charge is 0.505 e. The van der Waals surface area contributed by atoms with Gasteiger partial charge in [0.1, 0.15) is 5.60 Å². The van der Waals surface area contributed by atoms with Crippen LogP contribution in [0.1, 0.15) is 33.3 Å². The first-order valence-electron chi connectivity index (χ1n) is 5.75. The Labute approximate surface area is 106 Å². The normalized spacial score (nSPS) is 11.2. The molecule has 0 atom stereocenters. The molecule has 0 aromatic heterocycles. The Bertz CT molecular complexity index is 452. The van der Waals surface area contributed by atoms with E-state index in [-0.39, 0.29) is 5.56 Å². The number of rotatable bonds is 2. The van der Waals surface area contributed by atoms with Crippen LogP contribution < -0.4 is 5.32 Å². The smallest absolute Gasteiger partial charge is 0.412 e. The van der Waals surface area contributed by atoms with E-state index in [1.54, 1.807) is 27.7 Å². The van der Waals surface area contributed by atoms with Crippen LogP contribution in [0.25, 0.3) is 0 Å². The van der Waals surface area contributed by atoms with E-state index in [2.05, 4.69) is 5.32 Å². The molecule has 0 fully saturated rings. The van der Waals surface area contributed by atoms with Crippen LogP contribution >= 0.6 is 0 Å². The molecular weight excluding hydrogens is 237 g/mol. The molecule has 1 rings (SSSR count). The highest BCUT2D eigenvalue weighted by Crippen LogP contribution is 2.27. The molecule has 18 heavy (non-hydrogen) atoms. The summed E-state index contributed by atoms with van der Waals surface area (Å²) in [6, 6.07) is 2.64. The topological polar surface area (TPSA) is 58.6 Å². The molecule has 0 aliphatic carbocycles. The van der Waals surface area contributed by atoms with Gasteiger partial charge in [0, 0.05) is 5.56 Å². The van der Waals surface area contributed by atoms with Gasteiger partial charge in [-0.2, -0.15) is 0 Å². The number of halogens is 1. The molecule has 0 saturated heterocycles. The lowest BCUT2D eigenvalue weighted by atomic mass is 10.1. The number of ether oxygens (including phenoxy) is 1. The van der Waals surface area contributed by atoms with E-state index in [1.165, 1.54) is 12.1 Å². The Morgan fingerprint density at radius 1 is 1.44 bits per heavy atom. The van der Waals surface area contributed by atoms with Crippen molar-refractivity contribution in [3.8, 4) is 5.75 Å². The van der Waals surface area contributed by atoms with Gasteiger partial charge in [0.05, 0.1) is 5.69 Å². The molecular formula is C13H18FNO3. The summed E-state index contributed by atoms with van der Waals surface area (Å²) in [6.45, 7) is 6.96. The van der Waals surface area contributed by atoms with Crippen LogP contribution in [-0.4, -0.2) is 16.8 Å². The van der Waals surface area contributed by atoms with Gasteiger partial charge in [-0.1, -0.05) is 6.92 Å². The minimum absolute atomic E-state index is 0.251. The van der Waals surface area contributed by atoms with Crippen molar-refractivity contribution in [3.63, 3.8) is 0 Å². The van der Waals surface area contributed by atoms with Crippen LogP contribution in [0.4, 0.5) is 14.9 Å². The zero-order chi connectivity index (χ0) is 13.9. The number of anilines is 1. The molecule has 0 heterocycles. The average molecular weight is 255 g/mol. The fraction of sp³-hybridized carbons (Fsp3) is 0.462. The third kappa shape index (κ3) is 3.61. The Balaban J connectivity index is 2.92. The van der Waals surface area contributed by atoms with Crippen LogP contribution in [0.3, 0.4) is 0 Å². The van der Waals surface area contributed by atoms with Gasteiger partial charge in [-0.15, -0.1) is 0 Å². The van der Waals surface area contributed by atoms with Crippen LogP contribution in [0.2, 0.25) is 0 Å². The zero-order valence-electron chi connectivity index (χ0n) is 11.0. The van der Waals surface area contributed by atoms with Crippen LogP contribution in [0, 0.1) is 5.82 Å². The summed E-state index contributed by atoms with van der Waals surface area (Å²) in [5, 5.41) is 11.7. The summed E-state index contributed by atoms with van der Waals surface area (Å²) in [6.07, 6.45) is -0.298. The van der Waals surface area contributed by atoms with E-state index in [9.17, 15) is 14.3 Å². The fourth-order valence-electron chi connectivity index (χ4n) is 1.49. The molecule has 1 amide bonds. The van der Waals surface area contributed by atoms with Gasteiger partial charge in [0.2, 0.25) is 0 Å². The van der Waals surface area contributed by atoms with Crippen LogP contribution in [-0.2, 0) is 11.2 Å². The van der Waals surface area contributed by atoms with Crippen molar-refractivity contribution >= 4 is 11.8 Å². The van der Waals surface area contributed by atoms with Gasteiger partial charge in [-0.05, 0) is 39.3 Å². The van der Waals surface area contributed by atoms with E-state index < -0.39 is 23.3 Å². The highest BCUT2D eigenvalue weighted by molar-refractivity contribution is 5.86. The summed E-state index contributed by atoms with van der Waals surface area (Å²) in [5.41, 5.74) is -0.0609. The Morgan fingerprint density at radius 2 is 2.06 bits per heavy atom. The minimum Gasteiger partial charge on any atom is -0.505 e. The molecule has 2 N–H and O–H groups in total. The van der Waals surface area contributed by atoms with Gasteiger partial charge in [-0.25, -0.2) is 9.18 Å². The molecule has 0 radical (unpaired) electrons. The standard InChI is InChI=1S/C13H18FNO3/c1-5-8-9(6-7-10(16)11(8)14)15-12(17)18-13(2,3)4/h6-7,16H,5H2,1-4H3,(H,15,17). The van der Waals surface area contributed by atoms with Crippen molar-refractivity contribution < 1.29 is 19.0 Å². The predicted molar refractivity (Wildman–Crippen MR) is 67.3 cm³/mol. The summed E-state index contributed by atoms with van der Waals surface area (Å²) >= 11 is 0. The molecule has 0 bridgehead atoms. The number of carbonyl (C=O) groups is 1. The molecule has 0 aliphatic heterocycles. The highest BCUT2D eigenvalue weighted by atomic mass is 19.1. The van der Waals surface area contributed by atoms with Crippen LogP contribution in [0.15, 0.2) is 12.1 Å². The maximum Gasteiger partial charge on any atom is 0.412 e. The predicted octanol–water partition coefficient (Wildman–Crippen LogP) is 3.44. The molecule has 5 heteroatoms. The Hall–Kier alpha value is -1.78. The molecule has 1 aromatic rings. The number of aromatic hydroxyl groups is 1. The summed E-state index contributed by atoms with van der Waals surface area (Å²) in [4.78, 5) is 11.6. The molecule has 100 valence electrons. The monoisotopic (exact) mass is 255 g/mol. The Kier molecular flexibility index (Phi) is 4.16. The second kappa shape index (κ2) is 5.25. The lowest BCUT2D eigenvalue weighted by Gasteiger charge is -2.20. The maximum absolute atomic E-state index is 13.6. The second-order valence-electron chi connectivity index (χ2n) is 4.91. The number of hydrogen-bond donors (Lipinski definition) is 2. The fourth-order valence-corrected chi connectivity index (χ4v) is 1.49. The second-order valence-corrected chi connectivity index (χ2v) is 4.91. The minimum atomic E-state index is -0.717. The van der Waals surface area contributed by atoms with Crippen molar-refractivity contribution in [3.05, 3.63) is 23.5 Å². The van der Waals surface area contributed by atoms with Crippen LogP contribution in [0.5, 0.6) is 5.75 Å². The first-order valence-corrected chi connectivity index (χ1v) is 5.75. The molecule has 4 nitrogen and oxygen atoms in total.